The summed E-state index contributed by atoms with van der Waals surface area (Å²) in [6.45, 7) is 4.46. The van der Waals surface area contributed by atoms with E-state index in [4.69, 9.17) is 0 Å². The van der Waals surface area contributed by atoms with Gasteiger partial charge in [-0.2, -0.15) is 0 Å². The number of aryl methyl sites for hydroxylation is 1. The van der Waals surface area contributed by atoms with Gasteiger partial charge in [-0.15, -0.1) is 5.10 Å². The maximum Gasteiger partial charge on any atom is 0.253 e. The molecular weight excluding hydrogens is 484 g/mol. The van der Waals surface area contributed by atoms with Gasteiger partial charge >= 0.3 is 0 Å². The maximum atomic E-state index is 13.6. The van der Waals surface area contributed by atoms with E-state index in [1.165, 1.54) is 11.1 Å². The zero-order valence-electron chi connectivity index (χ0n) is 22.3. The van der Waals surface area contributed by atoms with Crippen molar-refractivity contribution < 1.29 is 0 Å². The average molecular weight is 519 g/mol. The number of benzene rings is 3. The van der Waals surface area contributed by atoms with Crippen LogP contribution in [-0.2, 0) is 19.4 Å². The summed E-state index contributed by atoms with van der Waals surface area (Å²) < 4.78 is 1.85. The summed E-state index contributed by atoms with van der Waals surface area (Å²) in [5, 5.41) is 14.0. The van der Waals surface area contributed by atoms with Crippen LogP contribution in [0.2, 0.25) is 0 Å². The molecule has 1 unspecified atom stereocenters. The van der Waals surface area contributed by atoms with Crippen molar-refractivity contribution in [1.82, 2.24) is 30.1 Å². The van der Waals surface area contributed by atoms with E-state index in [0.717, 1.165) is 55.2 Å². The van der Waals surface area contributed by atoms with Crippen molar-refractivity contribution in [3.8, 4) is 0 Å². The van der Waals surface area contributed by atoms with Gasteiger partial charge in [0.25, 0.3) is 5.56 Å². The lowest BCUT2D eigenvalue weighted by atomic mass is 9.89. The van der Waals surface area contributed by atoms with Crippen LogP contribution < -0.4 is 5.56 Å². The Morgan fingerprint density at radius 1 is 0.897 bits per heavy atom. The van der Waals surface area contributed by atoms with Crippen LogP contribution >= 0.6 is 0 Å². The van der Waals surface area contributed by atoms with Gasteiger partial charge in [-0.3, -0.25) is 9.69 Å². The molecule has 1 atom stereocenters. The third kappa shape index (κ3) is 5.54. The molecule has 39 heavy (non-hydrogen) atoms. The van der Waals surface area contributed by atoms with Crippen molar-refractivity contribution in [3.63, 3.8) is 0 Å². The maximum absolute atomic E-state index is 13.6. The van der Waals surface area contributed by atoms with Crippen LogP contribution in [-0.4, -0.2) is 43.2 Å². The Labute approximate surface area is 228 Å². The minimum atomic E-state index is -0.333. The van der Waals surface area contributed by atoms with Gasteiger partial charge in [0.1, 0.15) is 6.04 Å². The number of pyridine rings is 1. The lowest BCUT2D eigenvalue weighted by Crippen LogP contribution is -2.41. The lowest BCUT2D eigenvalue weighted by molar-refractivity contribution is 0.143. The number of aromatic nitrogens is 5. The molecule has 0 aliphatic carbocycles. The summed E-state index contributed by atoms with van der Waals surface area (Å²) in [6, 6.07) is 28.9. The van der Waals surface area contributed by atoms with Crippen molar-refractivity contribution in [2.24, 2.45) is 5.92 Å². The van der Waals surface area contributed by atoms with E-state index in [2.05, 4.69) is 93.0 Å². The van der Waals surface area contributed by atoms with E-state index in [9.17, 15) is 4.79 Å². The van der Waals surface area contributed by atoms with Crippen LogP contribution in [0, 0.1) is 5.92 Å². The second-order valence-corrected chi connectivity index (χ2v) is 10.6. The highest BCUT2D eigenvalue weighted by Gasteiger charge is 2.33. The molecule has 1 aliphatic rings. The Morgan fingerprint density at radius 3 is 2.33 bits per heavy atom. The fourth-order valence-corrected chi connectivity index (χ4v) is 5.83. The molecule has 198 valence electrons. The van der Waals surface area contributed by atoms with Gasteiger partial charge in [-0.25, -0.2) is 4.68 Å². The van der Waals surface area contributed by atoms with Crippen molar-refractivity contribution in [2.45, 2.75) is 45.2 Å². The second kappa shape index (κ2) is 11.3. The third-order valence-electron chi connectivity index (χ3n) is 8.00. The molecular formula is C32H34N6O. The summed E-state index contributed by atoms with van der Waals surface area (Å²) in [6.07, 6.45) is 4.16. The molecule has 3 heterocycles. The minimum Gasteiger partial charge on any atom is -0.322 e. The second-order valence-electron chi connectivity index (χ2n) is 10.6. The summed E-state index contributed by atoms with van der Waals surface area (Å²) in [7, 11) is 0. The van der Waals surface area contributed by atoms with E-state index in [1.54, 1.807) is 0 Å². The highest BCUT2D eigenvalue weighted by molar-refractivity contribution is 5.80. The molecule has 1 saturated heterocycles. The zero-order chi connectivity index (χ0) is 26.6. The number of nitrogens with zero attached hydrogens (tertiary/aromatic N) is 5. The fraction of sp³-hybridized carbons (Fsp3) is 0.312. The van der Waals surface area contributed by atoms with Crippen molar-refractivity contribution in [1.29, 1.82) is 0 Å². The van der Waals surface area contributed by atoms with Crippen molar-refractivity contribution in [3.05, 3.63) is 123 Å². The summed E-state index contributed by atoms with van der Waals surface area (Å²) in [5.74, 6) is 1.32. The molecule has 0 saturated carbocycles. The van der Waals surface area contributed by atoms with E-state index in [0.29, 0.717) is 23.9 Å². The number of fused-ring (bicyclic) bond motifs is 1. The molecule has 7 nitrogen and oxygen atoms in total. The summed E-state index contributed by atoms with van der Waals surface area (Å²) in [5.41, 5.74) is 5.21. The summed E-state index contributed by atoms with van der Waals surface area (Å²) in [4.78, 5) is 19.1. The molecule has 2 aromatic heterocycles. The number of nitrogens with one attached hydrogen (secondary N) is 1. The number of likely N-dealkylation sites (tertiary alicyclic amines) is 1. The number of piperidine rings is 1. The van der Waals surface area contributed by atoms with Gasteiger partial charge in [0.15, 0.2) is 5.82 Å². The number of hydrogen-bond acceptors (Lipinski definition) is 5. The zero-order valence-corrected chi connectivity index (χ0v) is 22.3. The molecule has 0 bridgehead atoms. The molecule has 6 rings (SSSR count). The monoisotopic (exact) mass is 518 g/mol. The number of rotatable bonds is 8. The van der Waals surface area contributed by atoms with E-state index in [-0.39, 0.29) is 11.6 Å². The Balaban J connectivity index is 1.36. The molecule has 1 fully saturated rings. The molecule has 7 heteroatoms. The van der Waals surface area contributed by atoms with Crippen LogP contribution in [0.15, 0.2) is 89.7 Å². The smallest absolute Gasteiger partial charge is 0.253 e. The first kappa shape index (κ1) is 25.2. The molecule has 3 aromatic carbocycles. The first-order chi connectivity index (χ1) is 19.2. The Kier molecular flexibility index (Phi) is 7.32. The van der Waals surface area contributed by atoms with Gasteiger partial charge in [0.05, 0.1) is 6.54 Å². The molecule has 0 spiro atoms. The van der Waals surface area contributed by atoms with Crippen LogP contribution in [0.4, 0.5) is 0 Å². The number of H-pyrrole nitrogens is 1. The largest absolute Gasteiger partial charge is 0.322 e. The predicted molar refractivity (Wildman–Crippen MR) is 154 cm³/mol. The number of aromatic amines is 1. The van der Waals surface area contributed by atoms with Crippen molar-refractivity contribution in [2.75, 3.05) is 13.1 Å². The lowest BCUT2D eigenvalue weighted by Gasteiger charge is -2.37. The van der Waals surface area contributed by atoms with Crippen molar-refractivity contribution >= 4 is 10.9 Å². The highest BCUT2D eigenvalue weighted by Crippen LogP contribution is 2.32. The van der Waals surface area contributed by atoms with E-state index in [1.807, 2.05) is 28.9 Å². The minimum absolute atomic E-state index is 0.0857. The third-order valence-corrected chi connectivity index (χ3v) is 8.00. The molecule has 5 aromatic rings. The fourth-order valence-electron chi connectivity index (χ4n) is 5.83. The van der Waals surface area contributed by atoms with Crippen LogP contribution in [0.5, 0.6) is 0 Å². The Hall–Kier alpha value is -4.10. The number of tetrazole rings is 1. The topological polar surface area (TPSA) is 79.7 Å². The standard InChI is InChI=1S/C32H34N6O/c1-2-23-13-14-29-27(20-23)21-28(32(39)33-29)30(31-34-35-36-38(31)22-26-11-7-4-8-12-26)37-17-15-25(16-18-37)19-24-9-5-3-6-10-24/h3-14,20-21,25,30H,2,15-19,22H2,1H3,(H,33,39). The van der Waals surface area contributed by atoms with Gasteiger partial charge in [-0.05, 0) is 95.4 Å². The highest BCUT2D eigenvalue weighted by atomic mass is 16.1. The summed E-state index contributed by atoms with van der Waals surface area (Å²) >= 11 is 0. The molecule has 1 aliphatic heterocycles. The normalized spacial score (nSPS) is 15.5. The predicted octanol–water partition coefficient (Wildman–Crippen LogP) is 5.17. The van der Waals surface area contributed by atoms with Crippen LogP contribution in [0.3, 0.4) is 0 Å². The average Bonchev–Trinajstić information content (AvgIpc) is 3.42. The van der Waals surface area contributed by atoms with E-state index < -0.39 is 0 Å². The van der Waals surface area contributed by atoms with Gasteiger partial charge in [-0.1, -0.05) is 73.7 Å². The first-order valence-electron chi connectivity index (χ1n) is 13.9. The van der Waals surface area contributed by atoms with Crippen LogP contribution in [0.1, 0.15) is 53.9 Å². The quantitative estimate of drug-likeness (QED) is 0.307. The Bertz CT molecular complexity index is 1590. The van der Waals surface area contributed by atoms with Gasteiger partial charge < -0.3 is 4.98 Å². The van der Waals surface area contributed by atoms with Gasteiger partial charge in [0, 0.05) is 11.1 Å². The first-order valence-corrected chi connectivity index (χ1v) is 13.9. The SMILES string of the molecule is CCc1ccc2[nH]c(=O)c(C(c3nnnn3Cc3ccccc3)N3CCC(Cc4ccccc4)CC3)cc2c1. The molecule has 0 radical (unpaired) electrons. The van der Waals surface area contributed by atoms with E-state index >= 15 is 0 Å². The molecule has 1 N–H and O–H groups in total. The van der Waals surface area contributed by atoms with Gasteiger partial charge in [0.2, 0.25) is 0 Å². The number of hydrogen-bond donors (Lipinski definition) is 1. The van der Waals surface area contributed by atoms with Crippen LogP contribution in [0.25, 0.3) is 10.9 Å². The molecule has 0 amide bonds. The Morgan fingerprint density at radius 2 is 1.62 bits per heavy atom.